The zero-order valence-corrected chi connectivity index (χ0v) is 6.19. The fraction of sp³-hybridized carbons (Fsp3) is 1.00. The molecular weight excluding hydrogens is 118 g/mol. The van der Waals surface area contributed by atoms with E-state index in [9.17, 15) is 0 Å². The fourth-order valence-corrected chi connectivity index (χ4v) is 1.35. The van der Waals surface area contributed by atoms with Gasteiger partial charge in [-0.3, -0.25) is 4.90 Å². The summed E-state index contributed by atoms with van der Waals surface area (Å²) in [5.41, 5.74) is 0. The summed E-state index contributed by atoms with van der Waals surface area (Å²) in [5, 5.41) is 0.470. The van der Waals surface area contributed by atoms with Crippen LogP contribution in [0.15, 0.2) is 0 Å². The van der Waals surface area contributed by atoms with Crippen molar-refractivity contribution in [2.45, 2.75) is 25.1 Å². The number of thiol groups is 1. The Bertz CT molecular complexity index is 66.9. The number of likely N-dealkylation sites (tertiary alicyclic amines) is 1. The van der Waals surface area contributed by atoms with E-state index in [1.807, 2.05) is 0 Å². The molecule has 1 aliphatic heterocycles. The van der Waals surface area contributed by atoms with E-state index in [4.69, 9.17) is 0 Å². The smallest absolute Gasteiger partial charge is 0.0499 e. The molecule has 1 heterocycles. The van der Waals surface area contributed by atoms with Gasteiger partial charge in [-0.2, -0.15) is 12.6 Å². The van der Waals surface area contributed by atoms with E-state index in [1.165, 1.54) is 25.9 Å². The second-order valence-electron chi connectivity index (χ2n) is 2.37. The van der Waals surface area contributed by atoms with Crippen LogP contribution in [0.2, 0.25) is 0 Å². The van der Waals surface area contributed by atoms with Crippen molar-refractivity contribution in [1.82, 2.24) is 4.90 Å². The summed E-state index contributed by atoms with van der Waals surface area (Å²) in [6, 6.07) is 0. The molecule has 0 N–H and O–H groups in total. The molecule has 0 radical (unpaired) electrons. The highest BCUT2D eigenvalue weighted by atomic mass is 32.1. The van der Waals surface area contributed by atoms with E-state index in [0.717, 1.165) is 0 Å². The molecule has 0 saturated carbocycles. The van der Waals surface area contributed by atoms with Crippen molar-refractivity contribution in [3.05, 3.63) is 0 Å². The summed E-state index contributed by atoms with van der Waals surface area (Å²) in [5.74, 6) is 0. The Labute approximate surface area is 56.5 Å². The Morgan fingerprint density at radius 2 is 1.88 bits per heavy atom. The molecule has 0 aliphatic carbocycles. The Balaban J connectivity index is 2.24. The molecule has 0 bridgehead atoms. The average Bonchev–Trinajstić information content (AvgIpc) is 2.12. The van der Waals surface area contributed by atoms with E-state index in [0.29, 0.717) is 5.37 Å². The molecule has 1 saturated heterocycles. The first kappa shape index (κ1) is 6.43. The lowest BCUT2D eigenvalue weighted by Crippen LogP contribution is -2.25. The molecule has 0 amide bonds. The van der Waals surface area contributed by atoms with E-state index >= 15 is 0 Å². The summed E-state index contributed by atoms with van der Waals surface area (Å²) in [6.45, 7) is 4.64. The Morgan fingerprint density at radius 1 is 1.38 bits per heavy atom. The van der Waals surface area contributed by atoms with Gasteiger partial charge in [0.2, 0.25) is 0 Å². The maximum atomic E-state index is 4.32. The second kappa shape index (κ2) is 2.74. The van der Waals surface area contributed by atoms with Gasteiger partial charge in [0.1, 0.15) is 0 Å². The van der Waals surface area contributed by atoms with Crippen molar-refractivity contribution in [2.24, 2.45) is 0 Å². The number of nitrogens with zero attached hydrogens (tertiary/aromatic N) is 1. The van der Waals surface area contributed by atoms with Gasteiger partial charge in [0.25, 0.3) is 0 Å². The molecule has 8 heavy (non-hydrogen) atoms. The first-order valence-corrected chi connectivity index (χ1v) is 3.74. The molecule has 0 aromatic heterocycles. The van der Waals surface area contributed by atoms with E-state index in [1.54, 1.807) is 0 Å². The van der Waals surface area contributed by atoms with Crippen molar-refractivity contribution in [1.29, 1.82) is 0 Å². The maximum absolute atomic E-state index is 4.32. The van der Waals surface area contributed by atoms with Gasteiger partial charge in [-0.25, -0.2) is 0 Å². The van der Waals surface area contributed by atoms with Gasteiger partial charge in [-0.05, 0) is 32.9 Å². The molecular formula is C6H13NS. The summed E-state index contributed by atoms with van der Waals surface area (Å²) in [6.07, 6.45) is 2.73. The standard InChI is InChI=1S/C6H13NS/c1-6(8)7-4-2-3-5-7/h6,8H,2-5H2,1H3/t6-/m0/s1. The van der Waals surface area contributed by atoms with E-state index in [2.05, 4.69) is 24.5 Å². The zero-order valence-electron chi connectivity index (χ0n) is 5.30. The Hall–Kier alpha value is 0.310. The summed E-state index contributed by atoms with van der Waals surface area (Å²) in [4.78, 5) is 2.39. The van der Waals surface area contributed by atoms with Crippen LogP contribution in [0.5, 0.6) is 0 Å². The van der Waals surface area contributed by atoms with Crippen molar-refractivity contribution in [3.8, 4) is 0 Å². The van der Waals surface area contributed by atoms with Gasteiger partial charge in [0.15, 0.2) is 0 Å². The van der Waals surface area contributed by atoms with Gasteiger partial charge in [-0.1, -0.05) is 0 Å². The van der Waals surface area contributed by atoms with Crippen LogP contribution in [-0.2, 0) is 0 Å². The van der Waals surface area contributed by atoms with Crippen LogP contribution < -0.4 is 0 Å². The maximum Gasteiger partial charge on any atom is 0.0499 e. The summed E-state index contributed by atoms with van der Waals surface area (Å²) < 4.78 is 0. The Kier molecular flexibility index (Phi) is 2.20. The largest absolute Gasteiger partial charge is 0.292 e. The molecule has 0 spiro atoms. The first-order chi connectivity index (χ1) is 3.80. The van der Waals surface area contributed by atoms with Gasteiger partial charge >= 0.3 is 0 Å². The van der Waals surface area contributed by atoms with Crippen LogP contribution in [0.3, 0.4) is 0 Å². The first-order valence-electron chi connectivity index (χ1n) is 3.23. The average molecular weight is 131 g/mol. The van der Waals surface area contributed by atoms with Crippen LogP contribution in [-0.4, -0.2) is 23.4 Å². The third-order valence-electron chi connectivity index (χ3n) is 1.67. The molecule has 1 fully saturated rings. The zero-order chi connectivity index (χ0) is 5.98. The van der Waals surface area contributed by atoms with Crippen molar-refractivity contribution in [3.63, 3.8) is 0 Å². The van der Waals surface area contributed by atoms with Crippen molar-refractivity contribution in [2.75, 3.05) is 13.1 Å². The summed E-state index contributed by atoms with van der Waals surface area (Å²) >= 11 is 4.32. The van der Waals surface area contributed by atoms with Crippen LogP contribution in [0.25, 0.3) is 0 Å². The number of hydrogen-bond donors (Lipinski definition) is 1. The molecule has 2 heteroatoms. The van der Waals surface area contributed by atoms with Crippen LogP contribution >= 0.6 is 12.6 Å². The molecule has 1 aliphatic rings. The van der Waals surface area contributed by atoms with E-state index in [-0.39, 0.29) is 0 Å². The van der Waals surface area contributed by atoms with Gasteiger partial charge in [0, 0.05) is 5.37 Å². The molecule has 1 atom stereocenters. The topological polar surface area (TPSA) is 3.24 Å². The highest BCUT2D eigenvalue weighted by Gasteiger charge is 2.13. The monoisotopic (exact) mass is 131 g/mol. The van der Waals surface area contributed by atoms with Crippen molar-refractivity contribution >= 4 is 12.6 Å². The number of hydrogen-bond acceptors (Lipinski definition) is 2. The predicted octanol–water partition coefficient (Wildman–Crippen LogP) is 1.36. The third-order valence-corrected chi connectivity index (χ3v) is 2.00. The normalized spacial score (nSPS) is 26.2. The second-order valence-corrected chi connectivity index (χ2v) is 3.12. The minimum atomic E-state index is 0.470. The van der Waals surface area contributed by atoms with Gasteiger partial charge in [-0.15, -0.1) is 0 Å². The molecule has 48 valence electrons. The van der Waals surface area contributed by atoms with Crippen LogP contribution in [0.1, 0.15) is 19.8 Å². The highest BCUT2D eigenvalue weighted by Crippen LogP contribution is 2.12. The predicted molar refractivity (Wildman–Crippen MR) is 39.3 cm³/mol. The van der Waals surface area contributed by atoms with Crippen LogP contribution in [0, 0.1) is 0 Å². The molecule has 0 aromatic carbocycles. The van der Waals surface area contributed by atoms with Crippen LogP contribution in [0.4, 0.5) is 0 Å². The van der Waals surface area contributed by atoms with Gasteiger partial charge < -0.3 is 0 Å². The lowest BCUT2D eigenvalue weighted by atomic mass is 10.4. The fourth-order valence-electron chi connectivity index (χ4n) is 1.12. The lowest BCUT2D eigenvalue weighted by molar-refractivity contribution is 0.334. The third kappa shape index (κ3) is 1.39. The molecule has 1 nitrogen and oxygen atoms in total. The Morgan fingerprint density at radius 3 is 2.12 bits per heavy atom. The minimum absolute atomic E-state index is 0.470. The molecule has 0 unspecified atom stereocenters. The number of rotatable bonds is 1. The van der Waals surface area contributed by atoms with Gasteiger partial charge in [0.05, 0.1) is 0 Å². The minimum Gasteiger partial charge on any atom is -0.292 e. The molecule has 0 aromatic rings. The quantitative estimate of drug-likeness (QED) is 0.526. The molecule has 1 rings (SSSR count). The van der Waals surface area contributed by atoms with Crippen molar-refractivity contribution < 1.29 is 0 Å². The summed E-state index contributed by atoms with van der Waals surface area (Å²) in [7, 11) is 0. The lowest BCUT2D eigenvalue weighted by Gasteiger charge is -2.17. The van der Waals surface area contributed by atoms with E-state index < -0.39 is 0 Å². The highest BCUT2D eigenvalue weighted by molar-refractivity contribution is 7.80. The SMILES string of the molecule is C[C@H](S)N1CCCC1.